The van der Waals surface area contributed by atoms with Crippen molar-refractivity contribution in [1.82, 2.24) is 14.9 Å². The van der Waals surface area contributed by atoms with Crippen LogP contribution in [0.25, 0.3) is 10.2 Å². The molecule has 4 aromatic rings. The lowest BCUT2D eigenvalue weighted by molar-refractivity contribution is -0.138. The van der Waals surface area contributed by atoms with Crippen LogP contribution in [0.2, 0.25) is 0 Å². The number of anilines is 1. The van der Waals surface area contributed by atoms with Gasteiger partial charge in [-0.3, -0.25) is 9.59 Å². The summed E-state index contributed by atoms with van der Waals surface area (Å²) >= 11 is 2.97. The van der Waals surface area contributed by atoms with E-state index in [0.29, 0.717) is 37.3 Å². The normalized spacial score (nSPS) is 14.8. The van der Waals surface area contributed by atoms with Crippen LogP contribution >= 0.6 is 22.7 Å². The largest absolute Gasteiger partial charge is 0.417 e. The quantitative estimate of drug-likeness (QED) is 0.334. The van der Waals surface area contributed by atoms with E-state index in [1.807, 2.05) is 25.1 Å². The number of aryl methyl sites for hydroxylation is 1. The van der Waals surface area contributed by atoms with E-state index in [0.717, 1.165) is 26.3 Å². The maximum Gasteiger partial charge on any atom is 0.417 e. The van der Waals surface area contributed by atoms with E-state index >= 15 is 0 Å². The summed E-state index contributed by atoms with van der Waals surface area (Å²) in [6.45, 7) is 2.58. The van der Waals surface area contributed by atoms with Crippen LogP contribution in [0.4, 0.5) is 18.9 Å². The molecule has 2 aromatic heterocycles. The second-order valence-electron chi connectivity index (χ2n) is 8.55. The highest BCUT2D eigenvalue weighted by Crippen LogP contribution is 2.35. The molecule has 0 radical (unpaired) electrons. The number of nitrogens with one attached hydrogen (secondary N) is 1. The van der Waals surface area contributed by atoms with E-state index in [9.17, 15) is 22.8 Å². The van der Waals surface area contributed by atoms with Crippen LogP contribution in [-0.4, -0.2) is 39.8 Å². The molecule has 186 valence electrons. The molecule has 3 heterocycles. The predicted molar refractivity (Wildman–Crippen MR) is 134 cm³/mol. The summed E-state index contributed by atoms with van der Waals surface area (Å²) in [6.07, 6.45) is -3.46. The van der Waals surface area contributed by atoms with Crippen molar-refractivity contribution in [3.05, 3.63) is 74.7 Å². The van der Waals surface area contributed by atoms with Crippen molar-refractivity contribution in [1.29, 1.82) is 0 Å². The van der Waals surface area contributed by atoms with E-state index in [1.54, 1.807) is 16.7 Å². The molecule has 0 atom stereocenters. The highest BCUT2D eigenvalue weighted by Gasteiger charge is 2.36. The summed E-state index contributed by atoms with van der Waals surface area (Å²) in [4.78, 5) is 36.0. The van der Waals surface area contributed by atoms with E-state index in [1.165, 1.54) is 34.4 Å². The minimum Gasteiger partial charge on any atom is -0.339 e. The van der Waals surface area contributed by atoms with Gasteiger partial charge >= 0.3 is 6.18 Å². The van der Waals surface area contributed by atoms with Crippen LogP contribution in [0.3, 0.4) is 0 Å². The summed E-state index contributed by atoms with van der Waals surface area (Å²) in [5.41, 5.74) is 0.522. The average molecular weight is 531 g/mol. The summed E-state index contributed by atoms with van der Waals surface area (Å²) in [5.74, 6) is -0.902. The average Bonchev–Trinajstić information content (AvgIpc) is 3.49. The molecule has 6 nitrogen and oxygen atoms in total. The predicted octanol–water partition coefficient (Wildman–Crippen LogP) is 6.35. The Hall–Kier alpha value is -3.31. The maximum atomic E-state index is 13.3. The maximum absolute atomic E-state index is 13.3. The summed E-state index contributed by atoms with van der Waals surface area (Å²) in [6, 6.07) is 10.4. The van der Waals surface area contributed by atoms with Gasteiger partial charge in [-0.15, -0.1) is 22.7 Å². The lowest BCUT2D eigenvalue weighted by atomic mass is 9.96. The Labute approximate surface area is 212 Å². The van der Waals surface area contributed by atoms with Crippen LogP contribution in [0.15, 0.2) is 47.8 Å². The Morgan fingerprint density at radius 1 is 1.08 bits per heavy atom. The van der Waals surface area contributed by atoms with Gasteiger partial charge in [0, 0.05) is 30.1 Å². The SMILES string of the molecule is Cc1nc2cc(NC(=O)c3csc(C4CCN(C(=O)c5ccccc5C(F)(F)F)CC4)n3)ccc2s1. The molecule has 0 saturated carbocycles. The third-order valence-corrected chi connectivity index (χ3v) is 8.06. The number of rotatable bonds is 4. The number of fused-ring (bicyclic) bond motifs is 1. The van der Waals surface area contributed by atoms with E-state index in [4.69, 9.17) is 0 Å². The van der Waals surface area contributed by atoms with Crippen molar-refractivity contribution in [2.45, 2.75) is 31.9 Å². The number of nitrogens with zero attached hydrogens (tertiary/aromatic N) is 3. The van der Waals surface area contributed by atoms with Gasteiger partial charge in [0.15, 0.2) is 0 Å². The third-order valence-electron chi connectivity index (χ3n) is 6.10. The molecule has 2 amide bonds. The molecule has 1 saturated heterocycles. The van der Waals surface area contributed by atoms with E-state index < -0.39 is 17.6 Å². The number of thiazole rings is 2. The van der Waals surface area contributed by atoms with Gasteiger partial charge in [-0.2, -0.15) is 13.2 Å². The minimum atomic E-state index is -4.59. The third kappa shape index (κ3) is 4.98. The lowest BCUT2D eigenvalue weighted by Gasteiger charge is -2.31. The van der Waals surface area contributed by atoms with Crippen LogP contribution in [-0.2, 0) is 6.18 Å². The molecule has 0 bridgehead atoms. The second kappa shape index (κ2) is 9.62. The molecule has 2 aromatic carbocycles. The Bertz CT molecular complexity index is 1440. The zero-order chi connectivity index (χ0) is 25.4. The molecular weight excluding hydrogens is 509 g/mol. The van der Waals surface area contributed by atoms with Crippen molar-refractivity contribution >= 4 is 50.4 Å². The van der Waals surface area contributed by atoms with Crippen molar-refractivity contribution < 1.29 is 22.8 Å². The Morgan fingerprint density at radius 2 is 1.83 bits per heavy atom. The Balaban J connectivity index is 1.22. The zero-order valence-corrected chi connectivity index (χ0v) is 20.8. The zero-order valence-electron chi connectivity index (χ0n) is 19.1. The fraction of sp³-hybridized carbons (Fsp3) is 0.280. The fourth-order valence-corrected chi connectivity index (χ4v) is 6.09. The first-order chi connectivity index (χ1) is 17.2. The van der Waals surface area contributed by atoms with E-state index in [-0.39, 0.29) is 17.4 Å². The number of alkyl halides is 3. The monoisotopic (exact) mass is 530 g/mol. The first kappa shape index (κ1) is 24.4. The highest BCUT2D eigenvalue weighted by molar-refractivity contribution is 7.18. The standard InChI is InChI=1S/C25H21F3N4O2S2/c1-14-29-19-12-16(6-7-21(19)36-14)30-22(33)20-13-35-23(31-20)15-8-10-32(11-9-15)24(34)17-4-2-3-5-18(17)25(26,27)28/h2-7,12-13,15H,8-11H2,1H3,(H,30,33). The number of hydrogen-bond donors (Lipinski definition) is 1. The van der Waals surface area contributed by atoms with Crippen molar-refractivity contribution in [2.75, 3.05) is 18.4 Å². The van der Waals surface area contributed by atoms with Crippen LogP contribution in [0.1, 0.15) is 55.2 Å². The van der Waals surface area contributed by atoms with Gasteiger partial charge in [0.1, 0.15) is 5.69 Å². The molecule has 0 unspecified atom stereocenters. The first-order valence-corrected chi connectivity index (χ1v) is 13.0. The summed E-state index contributed by atoms with van der Waals surface area (Å²) in [7, 11) is 0. The Kier molecular flexibility index (Phi) is 6.52. The number of piperidine rings is 1. The molecule has 0 aliphatic carbocycles. The van der Waals surface area contributed by atoms with Crippen molar-refractivity contribution in [2.24, 2.45) is 0 Å². The first-order valence-electron chi connectivity index (χ1n) is 11.3. The molecule has 1 N–H and O–H groups in total. The van der Waals surface area contributed by atoms with Crippen LogP contribution in [0, 0.1) is 6.92 Å². The highest BCUT2D eigenvalue weighted by atomic mass is 32.1. The van der Waals surface area contributed by atoms with Crippen molar-refractivity contribution in [3.8, 4) is 0 Å². The molecule has 1 aliphatic rings. The number of likely N-dealkylation sites (tertiary alicyclic amines) is 1. The molecule has 36 heavy (non-hydrogen) atoms. The van der Waals surface area contributed by atoms with Gasteiger partial charge in [0.25, 0.3) is 11.8 Å². The fourth-order valence-electron chi connectivity index (χ4n) is 4.31. The number of carbonyl (C=O) groups excluding carboxylic acids is 2. The van der Waals surface area contributed by atoms with Gasteiger partial charge in [0.2, 0.25) is 0 Å². The molecule has 1 aliphatic heterocycles. The van der Waals surface area contributed by atoms with Crippen LogP contribution < -0.4 is 5.32 Å². The van der Waals surface area contributed by atoms with E-state index in [2.05, 4.69) is 15.3 Å². The Morgan fingerprint density at radius 3 is 2.58 bits per heavy atom. The molecule has 1 fully saturated rings. The molecule has 0 spiro atoms. The number of benzene rings is 2. The van der Waals surface area contributed by atoms with Gasteiger partial charge in [-0.05, 0) is 50.1 Å². The smallest absolute Gasteiger partial charge is 0.339 e. The summed E-state index contributed by atoms with van der Waals surface area (Å²) < 4.78 is 41.0. The van der Waals surface area contributed by atoms with Gasteiger partial charge in [0.05, 0.1) is 31.4 Å². The van der Waals surface area contributed by atoms with Gasteiger partial charge < -0.3 is 10.2 Å². The molecule has 5 rings (SSSR count). The van der Waals surface area contributed by atoms with Gasteiger partial charge in [-0.1, -0.05) is 12.1 Å². The number of halogens is 3. The minimum absolute atomic E-state index is 0.0350. The van der Waals surface area contributed by atoms with Gasteiger partial charge in [-0.25, -0.2) is 9.97 Å². The lowest BCUT2D eigenvalue weighted by Crippen LogP contribution is -2.38. The number of amides is 2. The molecule has 11 heteroatoms. The molecular formula is C25H21F3N4O2S2. The van der Waals surface area contributed by atoms with Crippen LogP contribution in [0.5, 0.6) is 0 Å². The second-order valence-corrected chi connectivity index (χ2v) is 10.7. The number of hydrogen-bond acceptors (Lipinski definition) is 6. The summed E-state index contributed by atoms with van der Waals surface area (Å²) in [5, 5.41) is 6.30. The van der Waals surface area contributed by atoms with Crippen molar-refractivity contribution in [3.63, 3.8) is 0 Å². The topological polar surface area (TPSA) is 75.2 Å². The number of aromatic nitrogens is 2. The number of carbonyl (C=O) groups is 2.